The van der Waals surface area contributed by atoms with Gasteiger partial charge in [-0.2, -0.15) is 0 Å². The number of ether oxygens (including phenoxy) is 1. The van der Waals surface area contributed by atoms with Crippen molar-refractivity contribution in [3.63, 3.8) is 0 Å². The Labute approximate surface area is 86.8 Å². The second-order valence-corrected chi connectivity index (χ2v) is 4.58. The molecule has 0 spiro atoms. The lowest BCUT2D eigenvalue weighted by molar-refractivity contribution is 0.0873. The van der Waals surface area contributed by atoms with Gasteiger partial charge in [-0.15, -0.1) is 0 Å². The van der Waals surface area contributed by atoms with Crippen LogP contribution in [-0.4, -0.2) is 49.8 Å². The maximum atomic E-state index is 5.63. The summed E-state index contributed by atoms with van der Waals surface area (Å²) < 4.78 is 5.63. The zero-order valence-electron chi connectivity index (χ0n) is 9.17. The monoisotopic (exact) mass is 198 g/mol. The molecule has 3 heteroatoms. The van der Waals surface area contributed by atoms with E-state index in [1.165, 1.54) is 38.9 Å². The van der Waals surface area contributed by atoms with E-state index in [4.69, 9.17) is 4.74 Å². The minimum Gasteiger partial charge on any atom is -0.378 e. The number of rotatable bonds is 3. The number of hydrogen-bond donors (Lipinski definition) is 1. The molecule has 0 aromatic rings. The van der Waals surface area contributed by atoms with Crippen LogP contribution in [0.4, 0.5) is 0 Å². The first kappa shape index (κ1) is 10.4. The van der Waals surface area contributed by atoms with Gasteiger partial charge >= 0.3 is 0 Å². The van der Waals surface area contributed by atoms with Crippen molar-refractivity contribution < 1.29 is 4.74 Å². The molecule has 0 amide bonds. The smallest absolute Gasteiger partial charge is 0.0588 e. The second kappa shape index (κ2) is 5.10. The zero-order chi connectivity index (χ0) is 9.80. The molecule has 0 aromatic carbocycles. The minimum absolute atomic E-state index is 0.556. The summed E-state index contributed by atoms with van der Waals surface area (Å²) in [6, 6.07) is 0.660. The van der Waals surface area contributed by atoms with Crippen molar-refractivity contribution in [1.29, 1.82) is 0 Å². The first-order valence-electron chi connectivity index (χ1n) is 5.92. The Hall–Kier alpha value is -0.120. The Balaban J connectivity index is 1.64. The van der Waals surface area contributed by atoms with E-state index in [2.05, 4.69) is 17.1 Å². The van der Waals surface area contributed by atoms with Crippen molar-refractivity contribution in [2.24, 2.45) is 0 Å². The van der Waals surface area contributed by atoms with Crippen LogP contribution in [0, 0.1) is 0 Å². The maximum Gasteiger partial charge on any atom is 0.0588 e. The number of nitrogens with one attached hydrogen (secondary N) is 1. The van der Waals surface area contributed by atoms with Gasteiger partial charge in [0.05, 0.1) is 6.10 Å². The van der Waals surface area contributed by atoms with Gasteiger partial charge in [0.25, 0.3) is 0 Å². The fourth-order valence-corrected chi connectivity index (χ4v) is 2.41. The van der Waals surface area contributed by atoms with Gasteiger partial charge in [0.15, 0.2) is 0 Å². The predicted octanol–water partition coefficient (Wildman–Crippen LogP) is 0.849. The Bertz CT molecular complexity index is 169. The number of hydrogen-bond acceptors (Lipinski definition) is 3. The Morgan fingerprint density at radius 1 is 1.50 bits per heavy atom. The van der Waals surface area contributed by atoms with Crippen molar-refractivity contribution in [1.82, 2.24) is 10.2 Å². The molecule has 0 saturated carbocycles. The van der Waals surface area contributed by atoms with Gasteiger partial charge in [0.1, 0.15) is 0 Å². The molecular weight excluding hydrogens is 176 g/mol. The topological polar surface area (TPSA) is 24.5 Å². The molecule has 3 nitrogen and oxygen atoms in total. The van der Waals surface area contributed by atoms with Gasteiger partial charge in [-0.1, -0.05) is 0 Å². The standard InChI is InChI=1S/C11H22N2O/c1-10-9-13(7-5-12-10)6-4-11-3-2-8-14-11/h10-12H,2-9H2,1H3/t10-,11?/m0/s1. The Morgan fingerprint density at radius 2 is 2.43 bits per heavy atom. The molecule has 2 fully saturated rings. The van der Waals surface area contributed by atoms with E-state index in [0.717, 1.165) is 13.2 Å². The summed E-state index contributed by atoms with van der Waals surface area (Å²) >= 11 is 0. The normalized spacial score (nSPS) is 34.9. The van der Waals surface area contributed by atoms with Crippen LogP contribution < -0.4 is 5.32 Å². The number of piperazine rings is 1. The van der Waals surface area contributed by atoms with Crippen molar-refractivity contribution in [3.8, 4) is 0 Å². The summed E-state index contributed by atoms with van der Waals surface area (Å²) in [5.74, 6) is 0. The molecule has 1 N–H and O–H groups in total. The molecule has 2 rings (SSSR count). The fourth-order valence-electron chi connectivity index (χ4n) is 2.41. The molecule has 2 atom stereocenters. The van der Waals surface area contributed by atoms with Gasteiger partial charge in [0.2, 0.25) is 0 Å². The quantitative estimate of drug-likeness (QED) is 0.727. The third-order valence-electron chi connectivity index (χ3n) is 3.24. The predicted molar refractivity (Wildman–Crippen MR) is 57.5 cm³/mol. The highest BCUT2D eigenvalue weighted by atomic mass is 16.5. The van der Waals surface area contributed by atoms with E-state index in [0.29, 0.717) is 12.1 Å². The van der Waals surface area contributed by atoms with Crippen LogP contribution in [0.25, 0.3) is 0 Å². The van der Waals surface area contributed by atoms with Crippen LogP contribution in [0.2, 0.25) is 0 Å². The highest BCUT2D eigenvalue weighted by Crippen LogP contribution is 2.15. The molecule has 82 valence electrons. The molecule has 0 aliphatic carbocycles. The SMILES string of the molecule is C[C@H]1CN(CCC2CCCO2)CCN1. The molecule has 0 radical (unpaired) electrons. The summed E-state index contributed by atoms with van der Waals surface area (Å²) in [5.41, 5.74) is 0. The average Bonchev–Trinajstić information content (AvgIpc) is 2.67. The van der Waals surface area contributed by atoms with Gasteiger partial charge in [-0.3, -0.25) is 0 Å². The molecular formula is C11H22N2O. The molecule has 2 aliphatic rings. The first-order chi connectivity index (χ1) is 6.84. The lowest BCUT2D eigenvalue weighted by Crippen LogP contribution is -2.49. The summed E-state index contributed by atoms with van der Waals surface area (Å²) in [4.78, 5) is 2.56. The highest BCUT2D eigenvalue weighted by Gasteiger charge is 2.19. The Kier molecular flexibility index (Phi) is 3.79. The van der Waals surface area contributed by atoms with Crippen molar-refractivity contribution in [2.75, 3.05) is 32.8 Å². The van der Waals surface area contributed by atoms with Crippen LogP contribution >= 0.6 is 0 Å². The summed E-state index contributed by atoms with van der Waals surface area (Å²) in [6.45, 7) is 8.02. The van der Waals surface area contributed by atoms with Crippen LogP contribution in [-0.2, 0) is 4.74 Å². The zero-order valence-corrected chi connectivity index (χ0v) is 9.17. The molecule has 2 aliphatic heterocycles. The van der Waals surface area contributed by atoms with E-state index in [-0.39, 0.29) is 0 Å². The number of nitrogens with zero attached hydrogens (tertiary/aromatic N) is 1. The van der Waals surface area contributed by atoms with Crippen molar-refractivity contribution in [2.45, 2.75) is 38.3 Å². The lowest BCUT2D eigenvalue weighted by Gasteiger charge is -2.32. The minimum atomic E-state index is 0.556. The molecule has 2 saturated heterocycles. The first-order valence-corrected chi connectivity index (χ1v) is 5.92. The van der Waals surface area contributed by atoms with E-state index < -0.39 is 0 Å². The van der Waals surface area contributed by atoms with E-state index in [1.807, 2.05) is 0 Å². The van der Waals surface area contributed by atoms with Crippen molar-refractivity contribution >= 4 is 0 Å². The van der Waals surface area contributed by atoms with E-state index in [9.17, 15) is 0 Å². The van der Waals surface area contributed by atoms with Crippen LogP contribution in [0.1, 0.15) is 26.2 Å². The highest BCUT2D eigenvalue weighted by molar-refractivity contribution is 4.76. The van der Waals surface area contributed by atoms with E-state index in [1.54, 1.807) is 0 Å². The summed E-state index contributed by atoms with van der Waals surface area (Å²) in [7, 11) is 0. The van der Waals surface area contributed by atoms with Crippen LogP contribution in [0.15, 0.2) is 0 Å². The van der Waals surface area contributed by atoms with Crippen LogP contribution in [0.5, 0.6) is 0 Å². The second-order valence-electron chi connectivity index (χ2n) is 4.58. The van der Waals surface area contributed by atoms with Gasteiger partial charge in [-0.25, -0.2) is 0 Å². The Morgan fingerprint density at radius 3 is 3.14 bits per heavy atom. The summed E-state index contributed by atoms with van der Waals surface area (Å²) in [6.07, 6.45) is 4.33. The van der Waals surface area contributed by atoms with Gasteiger partial charge in [0, 0.05) is 38.8 Å². The van der Waals surface area contributed by atoms with Gasteiger partial charge in [-0.05, 0) is 26.2 Å². The van der Waals surface area contributed by atoms with E-state index >= 15 is 0 Å². The molecule has 2 heterocycles. The molecule has 14 heavy (non-hydrogen) atoms. The molecule has 1 unspecified atom stereocenters. The lowest BCUT2D eigenvalue weighted by atomic mass is 10.1. The third kappa shape index (κ3) is 2.94. The average molecular weight is 198 g/mol. The van der Waals surface area contributed by atoms with Crippen LogP contribution in [0.3, 0.4) is 0 Å². The largest absolute Gasteiger partial charge is 0.378 e. The van der Waals surface area contributed by atoms with Gasteiger partial charge < -0.3 is 15.0 Å². The summed E-state index contributed by atoms with van der Waals surface area (Å²) in [5, 5.41) is 3.47. The molecule has 0 bridgehead atoms. The fraction of sp³-hybridized carbons (Fsp3) is 1.00. The van der Waals surface area contributed by atoms with Crippen molar-refractivity contribution in [3.05, 3.63) is 0 Å². The third-order valence-corrected chi connectivity index (χ3v) is 3.24. The maximum absolute atomic E-state index is 5.63. The molecule has 0 aromatic heterocycles.